The van der Waals surface area contributed by atoms with Crippen LogP contribution in [-0.4, -0.2) is 36.8 Å². The van der Waals surface area contributed by atoms with E-state index in [1.165, 1.54) is 12.2 Å². The highest BCUT2D eigenvalue weighted by Gasteiger charge is 1.90. The van der Waals surface area contributed by atoms with Crippen LogP contribution >= 0.6 is 11.8 Å². The van der Waals surface area contributed by atoms with E-state index < -0.39 is 0 Å². The fraction of sp³-hybridized carbons (Fsp3) is 0.778. The van der Waals surface area contributed by atoms with Crippen molar-refractivity contribution in [3.63, 3.8) is 0 Å². The van der Waals surface area contributed by atoms with Crippen LogP contribution in [-0.2, 0) is 9.59 Å². The average Bonchev–Trinajstić information content (AvgIpc) is 2.21. The van der Waals surface area contributed by atoms with Crippen molar-refractivity contribution in [1.82, 2.24) is 0 Å². The zero-order chi connectivity index (χ0) is 10.5. The van der Waals surface area contributed by atoms with E-state index in [2.05, 4.69) is 9.98 Å². The lowest BCUT2D eigenvalue weighted by Crippen LogP contribution is -1.89. The van der Waals surface area contributed by atoms with Crippen molar-refractivity contribution in [2.75, 3.05) is 24.6 Å². The van der Waals surface area contributed by atoms with Gasteiger partial charge in [0.1, 0.15) is 0 Å². The van der Waals surface area contributed by atoms with E-state index in [4.69, 9.17) is 0 Å². The number of hydrogen-bond donors (Lipinski definition) is 0. The Morgan fingerprint density at radius 2 is 1.57 bits per heavy atom. The summed E-state index contributed by atoms with van der Waals surface area (Å²) in [6, 6.07) is 0. The molecule has 0 radical (unpaired) electrons. The quantitative estimate of drug-likeness (QED) is 0.332. The van der Waals surface area contributed by atoms with E-state index in [0.717, 1.165) is 30.8 Å². The van der Waals surface area contributed by atoms with Crippen molar-refractivity contribution < 1.29 is 9.59 Å². The number of isocyanates is 2. The van der Waals surface area contributed by atoms with Crippen LogP contribution in [0.4, 0.5) is 0 Å². The fourth-order valence-electron chi connectivity index (χ4n) is 0.875. The lowest BCUT2D eigenvalue weighted by Gasteiger charge is -1.97. The number of rotatable bonds is 9. The van der Waals surface area contributed by atoms with Gasteiger partial charge in [-0.25, -0.2) is 19.6 Å². The second-order valence-corrected chi connectivity index (χ2v) is 3.84. The summed E-state index contributed by atoms with van der Waals surface area (Å²) in [7, 11) is 0. The summed E-state index contributed by atoms with van der Waals surface area (Å²) in [5, 5.41) is 0. The van der Waals surface area contributed by atoms with Crippen molar-refractivity contribution in [1.29, 1.82) is 0 Å². The third kappa shape index (κ3) is 11.1. The zero-order valence-electron chi connectivity index (χ0n) is 8.07. The summed E-state index contributed by atoms with van der Waals surface area (Å²) in [6.45, 7) is 1.15. The van der Waals surface area contributed by atoms with E-state index in [-0.39, 0.29) is 0 Å². The molecule has 0 spiro atoms. The molecule has 0 unspecified atom stereocenters. The Balaban J connectivity index is 2.98. The van der Waals surface area contributed by atoms with Crippen LogP contribution in [0.3, 0.4) is 0 Å². The SMILES string of the molecule is O=C=NCCCCCSCCN=C=O. The van der Waals surface area contributed by atoms with E-state index in [9.17, 15) is 9.59 Å². The molecule has 78 valence electrons. The highest BCUT2D eigenvalue weighted by molar-refractivity contribution is 7.99. The first-order valence-electron chi connectivity index (χ1n) is 4.57. The molecule has 0 amide bonds. The number of aliphatic imine (C=N–C) groups is 2. The third-order valence-electron chi connectivity index (χ3n) is 1.54. The molecular formula is C9H14N2O2S. The van der Waals surface area contributed by atoms with Crippen LogP contribution < -0.4 is 0 Å². The molecule has 0 N–H and O–H groups in total. The predicted octanol–water partition coefficient (Wildman–Crippen LogP) is 1.56. The second-order valence-electron chi connectivity index (χ2n) is 2.62. The summed E-state index contributed by atoms with van der Waals surface area (Å²) >= 11 is 1.78. The first-order chi connectivity index (χ1) is 6.91. The normalized spacial score (nSPS) is 8.86. The standard InChI is InChI=1S/C9H14N2O2S/c12-8-10-4-2-1-3-6-14-7-5-11-9-13/h1-7H2. The molecule has 0 saturated heterocycles. The molecule has 0 atom stereocenters. The molecule has 0 rings (SSSR count). The molecule has 0 aromatic rings. The number of thioether (sulfide) groups is 1. The summed E-state index contributed by atoms with van der Waals surface area (Å²) in [4.78, 5) is 26.3. The maximum atomic E-state index is 9.70. The van der Waals surface area contributed by atoms with Crippen LogP contribution in [0.25, 0.3) is 0 Å². The zero-order valence-corrected chi connectivity index (χ0v) is 8.89. The number of hydrogen-bond acceptors (Lipinski definition) is 5. The van der Waals surface area contributed by atoms with Crippen LogP contribution in [0.2, 0.25) is 0 Å². The Kier molecular flexibility index (Phi) is 11.3. The predicted molar refractivity (Wildman–Crippen MR) is 57.2 cm³/mol. The minimum absolute atomic E-state index is 0.559. The van der Waals surface area contributed by atoms with Gasteiger partial charge in [0.25, 0.3) is 0 Å². The topological polar surface area (TPSA) is 58.9 Å². The van der Waals surface area contributed by atoms with Gasteiger partial charge >= 0.3 is 0 Å². The van der Waals surface area contributed by atoms with E-state index in [0.29, 0.717) is 13.1 Å². The number of nitrogens with zero attached hydrogens (tertiary/aromatic N) is 2. The van der Waals surface area contributed by atoms with Crippen LogP contribution in [0.1, 0.15) is 19.3 Å². The molecule has 5 heteroatoms. The Labute approximate surface area is 87.9 Å². The molecule has 0 fully saturated rings. The van der Waals surface area contributed by atoms with Crippen LogP contribution in [0, 0.1) is 0 Å². The highest BCUT2D eigenvalue weighted by Crippen LogP contribution is 2.05. The molecule has 0 bridgehead atoms. The molecule has 4 nitrogen and oxygen atoms in total. The van der Waals surface area contributed by atoms with Gasteiger partial charge in [-0.05, 0) is 18.6 Å². The second kappa shape index (κ2) is 12.1. The Bertz CT molecular complexity index is 197. The number of unbranched alkanes of at least 4 members (excludes halogenated alkanes) is 2. The average molecular weight is 214 g/mol. The van der Waals surface area contributed by atoms with Crippen molar-refractivity contribution in [3.8, 4) is 0 Å². The van der Waals surface area contributed by atoms with Gasteiger partial charge in [-0.2, -0.15) is 11.8 Å². The van der Waals surface area contributed by atoms with Gasteiger partial charge in [0.15, 0.2) is 0 Å². The van der Waals surface area contributed by atoms with E-state index in [1.54, 1.807) is 11.8 Å². The van der Waals surface area contributed by atoms with Crippen molar-refractivity contribution >= 4 is 23.9 Å². The summed E-state index contributed by atoms with van der Waals surface area (Å²) in [5.74, 6) is 1.95. The Morgan fingerprint density at radius 1 is 0.857 bits per heavy atom. The van der Waals surface area contributed by atoms with E-state index >= 15 is 0 Å². The Hall–Kier alpha value is -0.890. The molecule has 14 heavy (non-hydrogen) atoms. The van der Waals surface area contributed by atoms with Gasteiger partial charge in [0.05, 0.1) is 13.1 Å². The van der Waals surface area contributed by atoms with Crippen molar-refractivity contribution in [3.05, 3.63) is 0 Å². The molecular weight excluding hydrogens is 200 g/mol. The fourth-order valence-corrected chi connectivity index (χ4v) is 1.71. The van der Waals surface area contributed by atoms with Crippen LogP contribution in [0.5, 0.6) is 0 Å². The lowest BCUT2D eigenvalue weighted by atomic mass is 10.2. The minimum atomic E-state index is 0.559. The molecule has 0 aromatic heterocycles. The highest BCUT2D eigenvalue weighted by atomic mass is 32.2. The van der Waals surface area contributed by atoms with Gasteiger partial charge in [-0.1, -0.05) is 6.42 Å². The van der Waals surface area contributed by atoms with Gasteiger partial charge in [-0.3, -0.25) is 0 Å². The van der Waals surface area contributed by atoms with E-state index in [1.807, 2.05) is 0 Å². The maximum Gasteiger partial charge on any atom is 0.234 e. The summed E-state index contributed by atoms with van der Waals surface area (Å²) in [6.07, 6.45) is 6.16. The molecule has 0 aliphatic carbocycles. The smallest absolute Gasteiger partial charge is 0.211 e. The minimum Gasteiger partial charge on any atom is -0.211 e. The van der Waals surface area contributed by atoms with Gasteiger partial charge in [0.2, 0.25) is 12.2 Å². The molecule has 0 aliphatic rings. The van der Waals surface area contributed by atoms with Crippen molar-refractivity contribution in [2.45, 2.75) is 19.3 Å². The summed E-state index contributed by atoms with van der Waals surface area (Å²) < 4.78 is 0. The lowest BCUT2D eigenvalue weighted by molar-refractivity contribution is 0.561. The van der Waals surface area contributed by atoms with Gasteiger partial charge in [-0.15, -0.1) is 0 Å². The monoisotopic (exact) mass is 214 g/mol. The molecule has 0 aromatic carbocycles. The molecule has 0 aliphatic heterocycles. The summed E-state index contributed by atoms with van der Waals surface area (Å²) in [5.41, 5.74) is 0. The van der Waals surface area contributed by atoms with Gasteiger partial charge in [0, 0.05) is 5.75 Å². The maximum absolute atomic E-state index is 9.70. The first-order valence-corrected chi connectivity index (χ1v) is 5.72. The van der Waals surface area contributed by atoms with Gasteiger partial charge < -0.3 is 0 Å². The third-order valence-corrected chi connectivity index (χ3v) is 2.58. The van der Waals surface area contributed by atoms with Crippen LogP contribution in [0.15, 0.2) is 9.98 Å². The molecule has 0 heterocycles. The first kappa shape index (κ1) is 13.1. The molecule has 0 saturated carbocycles. The Morgan fingerprint density at radius 3 is 2.29 bits per heavy atom. The number of carbonyl (C=O) groups excluding carboxylic acids is 2. The van der Waals surface area contributed by atoms with Crippen molar-refractivity contribution in [2.24, 2.45) is 9.98 Å². The largest absolute Gasteiger partial charge is 0.234 e.